The first kappa shape index (κ1) is 31.9. The number of imide groups is 1. The van der Waals surface area contributed by atoms with Gasteiger partial charge in [0, 0.05) is 16.1 Å². The van der Waals surface area contributed by atoms with Crippen LogP contribution in [0.4, 0.5) is 22.0 Å². The molecule has 0 atom stereocenters. The minimum atomic E-state index is -5.09. The highest BCUT2D eigenvalue weighted by Crippen LogP contribution is 2.43. The maximum Gasteiger partial charge on any atom is 0.433 e. The van der Waals surface area contributed by atoms with Crippen molar-refractivity contribution in [2.75, 3.05) is 0 Å². The van der Waals surface area contributed by atoms with Crippen molar-refractivity contribution in [2.45, 2.75) is 69.6 Å². The third kappa shape index (κ3) is 6.91. The molecule has 5 rings (SSSR count). The molecule has 234 valence electrons. The molecule has 0 saturated heterocycles. The molecule has 1 heterocycles. The number of carboxylic acids is 1. The van der Waals surface area contributed by atoms with Crippen molar-refractivity contribution < 1.29 is 41.4 Å². The van der Waals surface area contributed by atoms with Crippen molar-refractivity contribution in [3.05, 3.63) is 86.2 Å². The van der Waals surface area contributed by atoms with Gasteiger partial charge >= 0.3 is 12.1 Å². The van der Waals surface area contributed by atoms with Crippen molar-refractivity contribution in [3.8, 4) is 0 Å². The van der Waals surface area contributed by atoms with E-state index in [9.17, 15) is 41.4 Å². The smallest absolute Gasteiger partial charge is 0.433 e. The lowest BCUT2D eigenvalue weighted by Crippen LogP contribution is -2.38. The number of aromatic nitrogens is 2. The van der Waals surface area contributed by atoms with Crippen LogP contribution in [0.2, 0.25) is 10.0 Å². The quantitative estimate of drug-likeness (QED) is 0.252. The summed E-state index contributed by atoms with van der Waals surface area (Å²) in [6.07, 6.45) is -2.67. The molecule has 0 unspecified atom stereocenters. The Morgan fingerprint density at radius 1 is 0.932 bits per heavy atom. The van der Waals surface area contributed by atoms with Crippen LogP contribution in [0.15, 0.2) is 36.5 Å². The van der Waals surface area contributed by atoms with Gasteiger partial charge in [-0.15, -0.1) is 0 Å². The van der Waals surface area contributed by atoms with Crippen LogP contribution in [-0.4, -0.2) is 37.6 Å². The SMILES string of the molecule is O=C(O)C1CCC(n2ncc(C(=O)N(Cc3cc(F)cc(F)c3)C(=O)Cc3c(Cl)cc(C4CC4)cc3Cl)c2C(F)(F)F)CC1. The number of benzene rings is 2. The molecule has 7 nitrogen and oxygen atoms in total. The number of hydrogen-bond donors (Lipinski definition) is 1. The van der Waals surface area contributed by atoms with Gasteiger partial charge in [0.25, 0.3) is 5.91 Å². The van der Waals surface area contributed by atoms with Crippen LogP contribution in [0.3, 0.4) is 0 Å². The average Bonchev–Trinajstić information content (AvgIpc) is 3.69. The zero-order valence-electron chi connectivity index (χ0n) is 23.0. The van der Waals surface area contributed by atoms with Crippen LogP contribution in [0, 0.1) is 17.6 Å². The second-order valence-corrected chi connectivity index (χ2v) is 12.0. The van der Waals surface area contributed by atoms with Gasteiger partial charge in [-0.05, 0) is 85.4 Å². The predicted octanol–water partition coefficient (Wildman–Crippen LogP) is 7.59. The third-order valence-corrected chi connectivity index (χ3v) is 8.71. The molecule has 1 N–H and O–H groups in total. The lowest BCUT2D eigenvalue weighted by Gasteiger charge is -2.28. The number of carbonyl (C=O) groups is 3. The van der Waals surface area contributed by atoms with Gasteiger partial charge in [-0.3, -0.25) is 24.0 Å². The summed E-state index contributed by atoms with van der Waals surface area (Å²) in [6.45, 7) is -0.756. The van der Waals surface area contributed by atoms with Gasteiger partial charge in [0.15, 0.2) is 5.69 Å². The van der Waals surface area contributed by atoms with E-state index >= 15 is 0 Å². The van der Waals surface area contributed by atoms with E-state index in [1.165, 1.54) is 0 Å². The number of hydrogen-bond acceptors (Lipinski definition) is 4. The second kappa shape index (κ2) is 12.5. The van der Waals surface area contributed by atoms with Crippen LogP contribution in [0.25, 0.3) is 0 Å². The number of nitrogens with zero attached hydrogens (tertiary/aromatic N) is 3. The summed E-state index contributed by atoms with van der Waals surface area (Å²) in [7, 11) is 0. The highest BCUT2D eigenvalue weighted by atomic mass is 35.5. The van der Waals surface area contributed by atoms with Crippen LogP contribution in [0.1, 0.15) is 83.2 Å². The Morgan fingerprint density at radius 3 is 2.05 bits per heavy atom. The zero-order chi connectivity index (χ0) is 31.9. The molecule has 14 heteroatoms. The zero-order valence-corrected chi connectivity index (χ0v) is 24.5. The van der Waals surface area contributed by atoms with Crippen molar-refractivity contribution in [1.29, 1.82) is 0 Å². The number of carbonyl (C=O) groups excluding carboxylic acids is 2. The summed E-state index contributed by atoms with van der Waals surface area (Å²) >= 11 is 12.8. The van der Waals surface area contributed by atoms with Crippen LogP contribution in [0.5, 0.6) is 0 Å². The van der Waals surface area contributed by atoms with Crippen molar-refractivity contribution in [3.63, 3.8) is 0 Å². The van der Waals surface area contributed by atoms with Crippen LogP contribution < -0.4 is 0 Å². The average molecular weight is 658 g/mol. The molecule has 3 aromatic rings. The normalized spacial score (nSPS) is 18.7. The predicted molar refractivity (Wildman–Crippen MR) is 149 cm³/mol. The van der Waals surface area contributed by atoms with Gasteiger partial charge in [-0.25, -0.2) is 8.78 Å². The Hall–Kier alpha value is -3.51. The van der Waals surface area contributed by atoms with Crippen molar-refractivity contribution >= 4 is 41.0 Å². The standard InChI is InChI=1S/C30H26Cl2F5N3O4/c31-24-9-18(16-1-2-16)10-25(32)22(24)12-26(41)39(14-15-7-19(33)11-20(34)8-15)28(42)23-13-38-40(27(23)30(35,36)37)21-5-3-17(4-6-21)29(43)44/h7-11,13,16-17,21H,1-6,12,14H2,(H,43,44). The Kier molecular flexibility index (Phi) is 9.04. The number of alkyl halides is 3. The van der Waals surface area contributed by atoms with E-state index in [0.717, 1.165) is 30.5 Å². The third-order valence-electron chi connectivity index (χ3n) is 8.04. The Bertz CT molecular complexity index is 1570. The molecule has 2 amide bonds. The lowest BCUT2D eigenvalue weighted by atomic mass is 9.86. The summed E-state index contributed by atoms with van der Waals surface area (Å²) in [4.78, 5) is 39.2. The molecule has 44 heavy (non-hydrogen) atoms. The Balaban J connectivity index is 1.50. The molecule has 2 aromatic carbocycles. The summed E-state index contributed by atoms with van der Waals surface area (Å²) in [6, 6.07) is 4.74. The first-order valence-corrected chi connectivity index (χ1v) is 14.6. The molecular formula is C30H26Cl2F5N3O4. The second-order valence-electron chi connectivity index (χ2n) is 11.2. The fourth-order valence-corrected chi connectivity index (χ4v) is 6.28. The van der Waals surface area contributed by atoms with Gasteiger partial charge in [0.05, 0.1) is 36.7 Å². The summed E-state index contributed by atoms with van der Waals surface area (Å²) in [5.41, 5.74) is -1.51. The summed E-state index contributed by atoms with van der Waals surface area (Å²) < 4.78 is 72.1. The number of rotatable bonds is 8. The molecule has 0 aliphatic heterocycles. The van der Waals surface area contributed by atoms with E-state index in [4.69, 9.17) is 23.2 Å². The molecule has 2 fully saturated rings. The van der Waals surface area contributed by atoms with E-state index in [2.05, 4.69) is 5.10 Å². The molecule has 0 radical (unpaired) electrons. The largest absolute Gasteiger partial charge is 0.481 e. The Morgan fingerprint density at radius 2 is 1.52 bits per heavy atom. The van der Waals surface area contributed by atoms with Gasteiger partial charge < -0.3 is 5.11 Å². The Labute approximate surface area is 258 Å². The fourth-order valence-electron chi connectivity index (χ4n) is 5.64. The molecular weight excluding hydrogens is 632 g/mol. The highest BCUT2D eigenvalue weighted by Gasteiger charge is 2.44. The van der Waals surface area contributed by atoms with Crippen molar-refractivity contribution in [1.82, 2.24) is 14.7 Å². The minimum Gasteiger partial charge on any atom is -0.481 e. The maximum absolute atomic E-state index is 14.5. The van der Waals surface area contributed by atoms with Crippen LogP contribution >= 0.6 is 23.2 Å². The molecule has 2 aliphatic carbocycles. The van der Waals surface area contributed by atoms with E-state index in [1.54, 1.807) is 12.1 Å². The number of aliphatic carboxylic acids is 1. The molecule has 0 bridgehead atoms. The van der Waals surface area contributed by atoms with Crippen molar-refractivity contribution in [2.24, 2.45) is 5.92 Å². The number of halogens is 7. The van der Waals surface area contributed by atoms with E-state index in [-0.39, 0.29) is 52.8 Å². The topological polar surface area (TPSA) is 92.5 Å². The first-order chi connectivity index (χ1) is 20.7. The van der Waals surface area contributed by atoms with Gasteiger partial charge in [0.1, 0.15) is 11.6 Å². The molecule has 2 aliphatic rings. The first-order valence-electron chi connectivity index (χ1n) is 13.9. The minimum absolute atomic E-state index is 0.0778. The van der Waals surface area contributed by atoms with Gasteiger partial charge in [-0.2, -0.15) is 18.3 Å². The van der Waals surface area contributed by atoms with E-state index < -0.39 is 71.8 Å². The number of carboxylic acid groups (broad SMARTS) is 1. The molecule has 0 spiro atoms. The van der Waals surface area contributed by atoms with Gasteiger partial charge in [0.2, 0.25) is 5.91 Å². The van der Waals surface area contributed by atoms with Gasteiger partial charge in [-0.1, -0.05) is 23.2 Å². The highest BCUT2D eigenvalue weighted by molar-refractivity contribution is 6.36. The lowest BCUT2D eigenvalue weighted by molar-refractivity contribution is -0.147. The van der Waals surface area contributed by atoms with E-state index in [0.29, 0.717) is 21.8 Å². The monoisotopic (exact) mass is 657 g/mol. The maximum atomic E-state index is 14.5. The molecule has 2 saturated carbocycles. The summed E-state index contributed by atoms with van der Waals surface area (Å²) in [5, 5.41) is 13.4. The molecule has 1 aromatic heterocycles. The fraction of sp³-hybridized carbons (Fsp3) is 0.400. The van der Waals surface area contributed by atoms with E-state index in [1.807, 2.05) is 0 Å². The number of amides is 2. The summed E-state index contributed by atoms with van der Waals surface area (Å²) in [5.74, 6) is -5.88. The van der Waals surface area contributed by atoms with Crippen LogP contribution in [-0.2, 0) is 28.7 Å².